The Balaban J connectivity index is 1.90. The number of nitrogens with zero attached hydrogens (tertiary/aromatic N) is 2. The summed E-state index contributed by atoms with van der Waals surface area (Å²) in [6, 6.07) is 18.9. The average molecular weight is 309 g/mol. The second-order valence-electron chi connectivity index (χ2n) is 5.36. The number of nitrogens with one attached hydrogen (secondary N) is 1. The van der Waals surface area contributed by atoms with Crippen molar-refractivity contribution in [3.63, 3.8) is 0 Å². The molecule has 3 rings (SSSR count). The molecule has 0 fully saturated rings. The molecule has 2 amide bonds. The van der Waals surface area contributed by atoms with Gasteiger partial charge in [-0.3, -0.25) is 0 Å². The molecular formula is C18H19N3O2. The Morgan fingerprint density at radius 2 is 1.78 bits per heavy atom. The Morgan fingerprint density at radius 3 is 2.43 bits per heavy atom. The summed E-state index contributed by atoms with van der Waals surface area (Å²) in [5.41, 5.74) is 1.44. The van der Waals surface area contributed by atoms with Crippen LogP contribution in [0.15, 0.2) is 65.7 Å². The maximum absolute atomic E-state index is 12.8. The van der Waals surface area contributed by atoms with Crippen LogP contribution >= 0.6 is 0 Å². The van der Waals surface area contributed by atoms with Crippen LogP contribution in [0, 0.1) is 0 Å². The molecule has 23 heavy (non-hydrogen) atoms. The highest BCUT2D eigenvalue weighted by molar-refractivity contribution is 6.17. The van der Waals surface area contributed by atoms with Gasteiger partial charge in [-0.25, -0.2) is 14.7 Å². The number of aliphatic imine (C=N–C) groups is 1. The number of urea groups is 1. The smallest absolute Gasteiger partial charge is 0.334 e. The van der Waals surface area contributed by atoms with E-state index in [0.717, 1.165) is 12.1 Å². The van der Waals surface area contributed by atoms with Crippen LogP contribution in [-0.4, -0.2) is 24.7 Å². The summed E-state index contributed by atoms with van der Waals surface area (Å²) in [6.07, 6.45) is 0.854. The van der Waals surface area contributed by atoms with Crippen LogP contribution in [0.25, 0.3) is 0 Å². The second-order valence-corrected chi connectivity index (χ2v) is 5.36. The molecule has 5 heteroatoms. The van der Waals surface area contributed by atoms with Crippen molar-refractivity contribution in [1.82, 2.24) is 0 Å². The molecule has 1 aliphatic rings. The molecule has 0 radical (unpaired) electrons. The molecule has 2 aromatic carbocycles. The molecule has 0 saturated carbocycles. The molecule has 0 saturated heterocycles. The lowest BCUT2D eigenvalue weighted by Crippen LogP contribution is -2.43. The van der Waals surface area contributed by atoms with E-state index < -0.39 is 0 Å². The molecule has 1 atom stereocenters. The van der Waals surface area contributed by atoms with Crippen LogP contribution in [0.2, 0.25) is 0 Å². The summed E-state index contributed by atoms with van der Waals surface area (Å²) < 4.78 is 5.64. The highest BCUT2D eigenvalue weighted by Crippen LogP contribution is 2.19. The minimum absolute atomic E-state index is 0.134. The van der Waals surface area contributed by atoms with Crippen LogP contribution in [0.1, 0.15) is 13.3 Å². The number of carbonyl (C=O) groups is 1. The first-order valence-corrected chi connectivity index (χ1v) is 7.66. The summed E-state index contributed by atoms with van der Waals surface area (Å²) in [6.45, 7) is 2.57. The predicted octanol–water partition coefficient (Wildman–Crippen LogP) is 3.89. The third kappa shape index (κ3) is 3.69. The number of para-hydroxylation sites is 2. The molecule has 2 aromatic rings. The number of ether oxygens (including phenoxy) is 1. The van der Waals surface area contributed by atoms with Gasteiger partial charge < -0.3 is 10.1 Å². The SMILES string of the molecule is CC1CCOC(N(C(=O)Nc2ccccc2)c2ccccc2)=N1. The Bertz CT molecular complexity index is 686. The predicted molar refractivity (Wildman–Crippen MR) is 91.8 cm³/mol. The molecule has 5 nitrogen and oxygen atoms in total. The van der Waals surface area contributed by atoms with Gasteiger partial charge in [-0.2, -0.15) is 0 Å². The molecule has 1 N–H and O–H groups in total. The quantitative estimate of drug-likeness (QED) is 0.915. The van der Waals surface area contributed by atoms with E-state index in [1.165, 1.54) is 4.90 Å². The molecule has 0 spiro atoms. The molecular weight excluding hydrogens is 290 g/mol. The summed E-state index contributed by atoms with van der Waals surface area (Å²) in [4.78, 5) is 18.7. The van der Waals surface area contributed by atoms with Crippen LogP contribution in [0.5, 0.6) is 0 Å². The van der Waals surface area contributed by atoms with E-state index in [4.69, 9.17) is 4.74 Å². The number of carbonyl (C=O) groups excluding carboxylic acids is 1. The van der Waals surface area contributed by atoms with Gasteiger partial charge in [-0.15, -0.1) is 0 Å². The largest absolute Gasteiger partial charge is 0.464 e. The number of amides is 2. The number of hydrogen-bond donors (Lipinski definition) is 1. The Morgan fingerprint density at radius 1 is 1.13 bits per heavy atom. The zero-order valence-electron chi connectivity index (χ0n) is 13.0. The normalized spacial score (nSPS) is 16.9. The fourth-order valence-corrected chi connectivity index (χ4v) is 2.33. The van der Waals surface area contributed by atoms with Gasteiger partial charge in [0, 0.05) is 12.1 Å². The van der Waals surface area contributed by atoms with Crippen LogP contribution < -0.4 is 10.2 Å². The molecule has 118 valence electrons. The number of benzene rings is 2. The molecule has 1 heterocycles. The van der Waals surface area contributed by atoms with Gasteiger partial charge in [0.15, 0.2) is 0 Å². The minimum atomic E-state index is -0.296. The van der Waals surface area contributed by atoms with Crippen molar-refractivity contribution in [2.24, 2.45) is 4.99 Å². The molecule has 1 unspecified atom stereocenters. The highest BCUT2D eigenvalue weighted by Gasteiger charge is 2.26. The third-order valence-electron chi connectivity index (χ3n) is 3.53. The van der Waals surface area contributed by atoms with Crippen LogP contribution in [0.3, 0.4) is 0 Å². The van der Waals surface area contributed by atoms with Crippen molar-refractivity contribution in [2.75, 3.05) is 16.8 Å². The monoisotopic (exact) mass is 309 g/mol. The van der Waals surface area contributed by atoms with E-state index in [9.17, 15) is 4.79 Å². The Labute approximate surface area is 135 Å². The third-order valence-corrected chi connectivity index (χ3v) is 3.53. The maximum atomic E-state index is 12.8. The van der Waals surface area contributed by atoms with Crippen LogP contribution in [0.4, 0.5) is 16.2 Å². The Kier molecular flexibility index (Phi) is 4.57. The van der Waals surface area contributed by atoms with Crippen molar-refractivity contribution in [3.05, 3.63) is 60.7 Å². The van der Waals surface area contributed by atoms with E-state index in [0.29, 0.717) is 18.3 Å². The van der Waals surface area contributed by atoms with Gasteiger partial charge in [0.1, 0.15) is 0 Å². The molecule has 0 aliphatic carbocycles. The lowest BCUT2D eigenvalue weighted by atomic mass is 10.2. The molecule has 0 bridgehead atoms. The van der Waals surface area contributed by atoms with Crippen LogP contribution in [-0.2, 0) is 4.74 Å². The number of rotatable bonds is 2. The van der Waals surface area contributed by atoms with Crippen molar-refractivity contribution in [1.29, 1.82) is 0 Å². The standard InChI is InChI=1S/C18H19N3O2/c1-14-12-13-23-18(19-14)21(16-10-6-3-7-11-16)17(22)20-15-8-4-2-5-9-15/h2-11,14H,12-13H2,1H3,(H,20,22). The van der Waals surface area contributed by atoms with Gasteiger partial charge in [-0.1, -0.05) is 36.4 Å². The average Bonchev–Trinajstić information content (AvgIpc) is 2.57. The van der Waals surface area contributed by atoms with E-state index in [2.05, 4.69) is 10.3 Å². The first-order valence-electron chi connectivity index (χ1n) is 7.66. The van der Waals surface area contributed by atoms with Gasteiger partial charge in [-0.05, 0) is 31.2 Å². The second kappa shape index (κ2) is 6.96. The van der Waals surface area contributed by atoms with Crippen molar-refractivity contribution < 1.29 is 9.53 Å². The topological polar surface area (TPSA) is 53.9 Å². The van der Waals surface area contributed by atoms with E-state index in [1.54, 1.807) is 0 Å². The zero-order valence-corrected chi connectivity index (χ0v) is 13.0. The first kappa shape index (κ1) is 15.1. The lowest BCUT2D eigenvalue weighted by Gasteiger charge is -2.27. The lowest BCUT2D eigenvalue weighted by molar-refractivity contribution is 0.244. The highest BCUT2D eigenvalue weighted by atomic mass is 16.5. The van der Waals surface area contributed by atoms with E-state index >= 15 is 0 Å². The zero-order chi connectivity index (χ0) is 16.1. The molecule has 1 aliphatic heterocycles. The fourth-order valence-electron chi connectivity index (χ4n) is 2.33. The Hall–Kier alpha value is -2.82. The van der Waals surface area contributed by atoms with Gasteiger partial charge >= 0.3 is 12.1 Å². The van der Waals surface area contributed by atoms with E-state index in [1.807, 2.05) is 67.6 Å². The van der Waals surface area contributed by atoms with Gasteiger partial charge in [0.2, 0.25) is 0 Å². The van der Waals surface area contributed by atoms with Crippen molar-refractivity contribution in [2.45, 2.75) is 19.4 Å². The minimum Gasteiger partial charge on any atom is -0.464 e. The maximum Gasteiger partial charge on any atom is 0.334 e. The summed E-state index contributed by atoms with van der Waals surface area (Å²) in [5, 5.41) is 2.88. The van der Waals surface area contributed by atoms with Gasteiger partial charge in [0.25, 0.3) is 0 Å². The summed E-state index contributed by atoms with van der Waals surface area (Å²) in [7, 11) is 0. The number of amidine groups is 1. The van der Waals surface area contributed by atoms with Crippen molar-refractivity contribution >= 4 is 23.4 Å². The number of hydrogen-bond acceptors (Lipinski definition) is 3. The number of anilines is 2. The summed E-state index contributed by atoms with van der Waals surface area (Å²) >= 11 is 0. The summed E-state index contributed by atoms with van der Waals surface area (Å²) in [5.74, 6) is 0. The fraction of sp³-hybridized carbons (Fsp3) is 0.222. The molecule has 0 aromatic heterocycles. The first-order chi connectivity index (χ1) is 11.2. The van der Waals surface area contributed by atoms with Crippen molar-refractivity contribution in [3.8, 4) is 0 Å². The van der Waals surface area contributed by atoms with E-state index in [-0.39, 0.29) is 12.1 Å². The van der Waals surface area contributed by atoms with Gasteiger partial charge in [0.05, 0.1) is 18.3 Å².